The van der Waals surface area contributed by atoms with Crippen LogP contribution in [0.25, 0.3) is 5.82 Å². The van der Waals surface area contributed by atoms with Gasteiger partial charge in [-0.1, -0.05) is 29.3 Å². The van der Waals surface area contributed by atoms with Gasteiger partial charge in [0.05, 0.1) is 27.0 Å². The summed E-state index contributed by atoms with van der Waals surface area (Å²) in [6.07, 6.45) is 0.334. The van der Waals surface area contributed by atoms with Crippen molar-refractivity contribution in [3.05, 3.63) is 69.6 Å². The van der Waals surface area contributed by atoms with Gasteiger partial charge in [0.25, 0.3) is 5.91 Å². The normalized spacial score (nSPS) is 11.8. The Morgan fingerprint density at radius 3 is 2.55 bits per heavy atom. The highest BCUT2D eigenvalue weighted by Gasteiger charge is 2.20. The van der Waals surface area contributed by atoms with Crippen molar-refractivity contribution in [2.24, 2.45) is 0 Å². The van der Waals surface area contributed by atoms with E-state index < -0.39 is 18.0 Å². The molecular formula is C20H18Cl2N4O3. The number of ether oxygens (including phenoxy) is 1. The van der Waals surface area contributed by atoms with Crippen LogP contribution in [0.4, 0.5) is 5.69 Å². The van der Waals surface area contributed by atoms with Gasteiger partial charge in [-0.25, -0.2) is 14.5 Å². The SMILES string of the molecule is Cc1cc(C)n(-c2ccc(C(=O)OC(C)C(=O)Nc3cccc(Cl)c3Cl)cn2)n1. The summed E-state index contributed by atoms with van der Waals surface area (Å²) in [5.74, 6) is -0.625. The third-order valence-electron chi connectivity index (χ3n) is 4.07. The van der Waals surface area contributed by atoms with Crippen molar-refractivity contribution in [1.82, 2.24) is 14.8 Å². The van der Waals surface area contributed by atoms with E-state index in [0.717, 1.165) is 11.4 Å². The van der Waals surface area contributed by atoms with Crippen LogP contribution in [-0.4, -0.2) is 32.7 Å². The van der Waals surface area contributed by atoms with Crippen LogP contribution in [0.2, 0.25) is 10.0 Å². The first-order valence-electron chi connectivity index (χ1n) is 8.72. The van der Waals surface area contributed by atoms with Gasteiger partial charge < -0.3 is 10.1 Å². The highest BCUT2D eigenvalue weighted by Crippen LogP contribution is 2.29. The maximum Gasteiger partial charge on any atom is 0.340 e. The lowest BCUT2D eigenvalue weighted by atomic mass is 10.2. The molecule has 3 aromatic rings. The van der Waals surface area contributed by atoms with Crippen molar-refractivity contribution in [2.45, 2.75) is 26.9 Å². The topological polar surface area (TPSA) is 86.1 Å². The fraction of sp³-hybridized carbons (Fsp3) is 0.200. The fourth-order valence-electron chi connectivity index (χ4n) is 2.61. The standard InChI is InChI=1S/C20H18Cl2N4O3/c1-11-9-12(2)26(25-11)17-8-7-14(10-23-17)20(28)29-13(3)19(27)24-16-6-4-5-15(21)18(16)22/h4-10,13H,1-3H3,(H,24,27). The van der Waals surface area contributed by atoms with Crippen molar-refractivity contribution < 1.29 is 14.3 Å². The molecule has 0 saturated heterocycles. The third-order valence-corrected chi connectivity index (χ3v) is 4.89. The van der Waals surface area contributed by atoms with E-state index in [-0.39, 0.29) is 10.6 Å². The summed E-state index contributed by atoms with van der Waals surface area (Å²) in [5.41, 5.74) is 2.35. The Labute approximate surface area is 177 Å². The summed E-state index contributed by atoms with van der Waals surface area (Å²) in [4.78, 5) is 28.9. The number of nitrogens with zero attached hydrogens (tertiary/aromatic N) is 3. The smallest absolute Gasteiger partial charge is 0.340 e. The lowest BCUT2D eigenvalue weighted by Crippen LogP contribution is -2.30. The second kappa shape index (κ2) is 8.63. The number of rotatable bonds is 5. The molecule has 0 bridgehead atoms. The Bertz CT molecular complexity index is 1060. The molecule has 29 heavy (non-hydrogen) atoms. The van der Waals surface area contributed by atoms with E-state index in [1.807, 2.05) is 19.9 Å². The maximum absolute atomic E-state index is 12.3. The first-order valence-corrected chi connectivity index (χ1v) is 9.47. The van der Waals surface area contributed by atoms with E-state index in [2.05, 4.69) is 15.4 Å². The highest BCUT2D eigenvalue weighted by molar-refractivity contribution is 6.44. The van der Waals surface area contributed by atoms with Crippen molar-refractivity contribution >= 4 is 40.8 Å². The number of aromatic nitrogens is 3. The van der Waals surface area contributed by atoms with Gasteiger partial charge in [0.2, 0.25) is 0 Å². The second-order valence-electron chi connectivity index (χ2n) is 6.38. The lowest BCUT2D eigenvalue weighted by Gasteiger charge is -2.14. The van der Waals surface area contributed by atoms with Crippen LogP contribution >= 0.6 is 23.2 Å². The molecule has 1 N–H and O–H groups in total. The third kappa shape index (κ3) is 4.75. The molecule has 1 unspecified atom stereocenters. The molecule has 150 valence electrons. The fourth-order valence-corrected chi connectivity index (χ4v) is 2.96. The van der Waals surface area contributed by atoms with E-state index in [4.69, 9.17) is 27.9 Å². The van der Waals surface area contributed by atoms with Crippen LogP contribution in [0, 0.1) is 13.8 Å². The van der Waals surface area contributed by atoms with Crippen molar-refractivity contribution in [3.8, 4) is 5.82 Å². The first kappa shape index (κ1) is 20.8. The Morgan fingerprint density at radius 1 is 1.17 bits per heavy atom. The minimum atomic E-state index is -1.05. The van der Waals surface area contributed by atoms with E-state index in [1.165, 1.54) is 13.1 Å². The number of nitrogens with one attached hydrogen (secondary N) is 1. The largest absolute Gasteiger partial charge is 0.449 e. The minimum Gasteiger partial charge on any atom is -0.449 e. The number of halogens is 2. The van der Waals surface area contributed by atoms with Gasteiger partial charge in [0, 0.05) is 11.9 Å². The molecule has 1 aromatic carbocycles. The zero-order valence-electron chi connectivity index (χ0n) is 15.9. The van der Waals surface area contributed by atoms with Crippen LogP contribution in [-0.2, 0) is 9.53 Å². The van der Waals surface area contributed by atoms with Crippen LogP contribution in [0.3, 0.4) is 0 Å². The Hall–Kier alpha value is -2.90. The summed E-state index contributed by atoms with van der Waals surface area (Å²) in [5, 5.41) is 7.45. The van der Waals surface area contributed by atoms with Gasteiger partial charge in [0.15, 0.2) is 11.9 Å². The zero-order chi connectivity index (χ0) is 21.1. The number of hydrogen-bond acceptors (Lipinski definition) is 5. The average Bonchev–Trinajstić information content (AvgIpc) is 3.03. The van der Waals surface area contributed by atoms with E-state index >= 15 is 0 Å². The molecule has 9 heteroatoms. The van der Waals surface area contributed by atoms with E-state index in [1.54, 1.807) is 35.0 Å². The molecule has 0 spiro atoms. The molecule has 1 amide bonds. The number of aryl methyl sites for hydroxylation is 2. The average molecular weight is 433 g/mol. The molecule has 0 fully saturated rings. The van der Waals surface area contributed by atoms with Gasteiger partial charge >= 0.3 is 5.97 Å². The quantitative estimate of drug-likeness (QED) is 0.604. The van der Waals surface area contributed by atoms with Crippen LogP contribution in [0.1, 0.15) is 28.7 Å². The molecule has 2 heterocycles. The molecule has 0 saturated carbocycles. The van der Waals surface area contributed by atoms with Crippen molar-refractivity contribution in [1.29, 1.82) is 0 Å². The number of amides is 1. The number of anilines is 1. The summed E-state index contributed by atoms with van der Waals surface area (Å²) < 4.78 is 6.90. The Kier molecular flexibility index (Phi) is 6.20. The summed E-state index contributed by atoms with van der Waals surface area (Å²) in [6, 6.07) is 10.0. The highest BCUT2D eigenvalue weighted by atomic mass is 35.5. The van der Waals surface area contributed by atoms with Crippen LogP contribution < -0.4 is 5.32 Å². The minimum absolute atomic E-state index is 0.213. The zero-order valence-corrected chi connectivity index (χ0v) is 17.5. The Morgan fingerprint density at radius 2 is 1.93 bits per heavy atom. The second-order valence-corrected chi connectivity index (χ2v) is 7.17. The van der Waals surface area contributed by atoms with Crippen molar-refractivity contribution in [3.63, 3.8) is 0 Å². The summed E-state index contributed by atoms with van der Waals surface area (Å²) >= 11 is 12.0. The van der Waals surface area contributed by atoms with E-state index in [0.29, 0.717) is 16.5 Å². The van der Waals surface area contributed by atoms with Gasteiger partial charge in [-0.3, -0.25) is 4.79 Å². The summed E-state index contributed by atoms with van der Waals surface area (Å²) in [6.45, 7) is 5.26. The molecule has 0 radical (unpaired) electrons. The molecule has 3 rings (SSSR count). The molecular weight excluding hydrogens is 415 g/mol. The molecule has 1 atom stereocenters. The molecule has 0 aliphatic heterocycles. The van der Waals surface area contributed by atoms with Gasteiger partial charge in [-0.2, -0.15) is 5.10 Å². The molecule has 2 aromatic heterocycles. The molecule has 0 aliphatic carbocycles. The number of esters is 1. The number of carbonyl (C=O) groups excluding carboxylic acids is 2. The Balaban J connectivity index is 1.65. The monoisotopic (exact) mass is 432 g/mol. The first-order chi connectivity index (χ1) is 13.8. The lowest BCUT2D eigenvalue weighted by molar-refractivity contribution is -0.123. The van der Waals surface area contributed by atoms with E-state index in [9.17, 15) is 9.59 Å². The number of benzene rings is 1. The number of carbonyl (C=O) groups is 2. The summed E-state index contributed by atoms with van der Waals surface area (Å²) in [7, 11) is 0. The number of pyridine rings is 1. The van der Waals surface area contributed by atoms with Gasteiger partial charge in [0.1, 0.15) is 0 Å². The maximum atomic E-state index is 12.3. The van der Waals surface area contributed by atoms with Gasteiger partial charge in [-0.15, -0.1) is 0 Å². The van der Waals surface area contributed by atoms with Gasteiger partial charge in [-0.05, 0) is 51.1 Å². The van der Waals surface area contributed by atoms with Crippen LogP contribution in [0.5, 0.6) is 0 Å². The number of hydrogen-bond donors (Lipinski definition) is 1. The molecule has 0 aliphatic rings. The van der Waals surface area contributed by atoms with Crippen molar-refractivity contribution in [2.75, 3.05) is 5.32 Å². The predicted molar refractivity (Wildman–Crippen MR) is 111 cm³/mol. The molecule has 7 nitrogen and oxygen atoms in total. The van der Waals surface area contributed by atoms with Crippen LogP contribution in [0.15, 0.2) is 42.6 Å². The predicted octanol–water partition coefficient (Wildman–Crippen LogP) is 4.37.